The van der Waals surface area contributed by atoms with Crippen molar-refractivity contribution >= 4 is 31.3 Å². The van der Waals surface area contributed by atoms with E-state index in [9.17, 15) is 9.90 Å². The maximum absolute atomic E-state index is 13.4. The van der Waals surface area contributed by atoms with Gasteiger partial charge >= 0.3 is 6.09 Å². The third-order valence-electron chi connectivity index (χ3n) is 7.14. The molecule has 0 saturated carbocycles. The number of rotatable bonds is 4. The highest BCUT2D eigenvalue weighted by Gasteiger charge is 2.39. The molecule has 0 aliphatic carbocycles. The molecular weight excluding hydrogens is 484 g/mol. The molecule has 1 saturated heterocycles. The Morgan fingerprint density at radius 3 is 2.35 bits per heavy atom. The van der Waals surface area contributed by atoms with Gasteiger partial charge in [-0.15, -0.1) is 0 Å². The number of carbonyl (C=O) groups is 1. The first-order chi connectivity index (χ1) is 17.1. The average molecular weight is 525 g/mol. The van der Waals surface area contributed by atoms with Crippen LogP contribution in [0.3, 0.4) is 0 Å². The monoisotopic (exact) mass is 524 g/mol. The first-order valence-electron chi connectivity index (χ1n) is 13.0. The van der Waals surface area contributed by atoms with Crippen LogP contribution in [0.2, 0.25) is 18.1 Å². The molecule has 9 heteroatoms. The van der Waals surface area contributed by atoms with Crippen LogP contribution in [-0.4, -0.2) is 58.8 Å². The van der Waals surface area contributed by atoms with Gasteiger partial charge in [-0.05, 0) is 76.0 Å². The van der Waals surface area contributed by atoms with E-state index in [0.29, 0.717) is 23.8 Å². The van der Waals surface area contributed by atoms with Crippen molar-refractivity contribution in [1.29, 1.82) is 0 Å². The van der Waals surface area contributed by atoms with Crippen LogP contribution in [0.1, 0.15) is 54.4 Å². The van der Waals surface area contributed by atoms with Crippen molar-refractivity contribution in [3.05, 3.63) is 36.7 Å². The number of hydrogen-bond donors (Lipinski definition) is 1. The largest absolute Gasteiger partial charge is 0.543 e. The molecule has 0 spiro atoms. The maximum Gasteiger partial charge on any atom is 0.419 e. The Morgan fingerprint density at radius 2 is 1.76 bits per heavy atom. The van der Waals surface area contributed by atoms with Crippen LogP contribution in [0.25, 0.3) is 22.2 Å². The summed E-state index contributed by atoms with van der Waals surface area (Å²) in [6.45, 7) is 18.0. The molecule has 0 bridgehead atoms. The number of benzene rings is 1. The van der Waals surface area contributed by atoms with Gasteiger partial charge in [0.25, 0.3) is 0 Å². The molecular formula is C28H40N4O4Si. The lowest BCUT2D eigenvalue weighted by molar-refractivity contribution is 0.0547. The van der Waals surface area contributed by atoms with Crippen molar-refractivity contribution < 1.29 is 19.1 Å². The molecule has 1 aromatic carbocycles. The Morgan fingerprint density at radius 1 is 1.08 bits per heavy atom. The Hall–Kier alpha value is -2.91. The van der Waals surface area contributed by atoms with Gasteiger partial charge in [-0.3, -0.25) is 0 Å². The van der Waals surface area contributed by atoms with Gasteiger partial charge in [-0.25, -0.2) is 19.3 Å². The van der Waals surface area contributed by atoms with Crippen LogP contribution in [0, 0.1) is 0 Å². The van der Waals surface area contributed by atoms with E-state index in [0.717, 1.165) is 36.0 Å². The summed E-state index contributed by atoms with van der Waals surface area (Å²) in [5.74, 6) is 1.37. The number of ether oxygens (including phenoxy) is 1. The number of anilines is 1. The number of fused-ring (bicyclic) bond motifs is 1. The molecule has 37 heavy (non-hydrogen) atoms. The molecule has 4 rings (SSSR count). The normalized spacial score (nSPS) is 17.2. The highest BCUT2D eigenvalue weighted by atomic mass is 28.4. The summed E-state index contributed by atoms with van der Waals surface area (Å²) in [4.78, 5) is 24.5. The number of aromatic nitrogens is 3. The number of carbonyl (C=O) groups excluding carboxylic acids is 1. The maximum atomic E-state index is 13.4. The van der Waals surface area contributed by atoms with Gasteiger partial charge < -0.3 is 19.2 Å². The number of β-amino-alcohol motifs (C(OH)–C–C–N with tert-alkyl or cyclic N) is 1. The minimum Gasteiger partial charge on any atom is -0.543 e. The van der Waals surface area contributed by atoms with E-state index in [4.69, 9.17) is 9.16 Å². The van der Waals surface area contributed by atoms with Gasteiger partial charge in [0.05, 0.1) is 17.3 Å². The Balaban J connectivity index is 1.75. The third kappa shape index (κ3) is 5.99. The molecule has 200 valence electrons. The lowest BCUT2D eigenvalue weighted by Gasteiger charge is -2.36. The Labute approximate surface area is 220 Å². The van der Waals surface area contributed by atoms with E-state index < -0.39 is 20.0 Å². The standard InChI is InChI=1S/C28H40N4O4Si/c1-27(2,3)35-26(34)32-23-12-11-22(36-37(7,8)28(4,5)6)14-19(23)15-24(32)20-16-29-25(30-17-20)31-13-9-10-21(33)18-31/h11-12,14-17,21,33H,9-10,13,18H2,1-8H3/t21-/m1/s1. The second-order valence-electron chi connectivity index (χ2n) is 12.4. The number of piperidine rings is 1. The number of aliphatic hydroxyl groups excluding tert-OH is 1. The van der Waals surface area contributed by atoms with Gasteiger partial charge in [-0.2, -0.15) is 0 Å². The van der Waals surface area contributed by atoms with Crippen LogP contribution >= 0.6 is 0 Å². The van der Waals surface area contributed by atoms with Gasteiger partial charge in [-0.1, -0.05) is 20.8 Å². The van der Waals surface area contributed by atoms with Gasteiger partial charge in [0.2, 0.25) is 14.3 Å². The third-order valence-corrected chi connectivity index (χ3v) is 11.5. The zero-order valence-corrected chi connectivity index (χ0v) is 24.3. The smallest absolute Gasteiger partial charge is 0.419 e. The zero-order chi connectivity index (χ0) is 27.2. The molecule has 1 aliphatic rings. The van der Waals surface area contributed by atoms with Crippen molar-refractivity contribution in [3.63, 3.8) is 0 Å². The summed E-state index contributed by atoms with van der Waals surface area (Å²) < 4.78 is 13.9. The van der Waals surface area contributed by atoms with E-state index in [1.807, 2.05) is 49.9 Å². The molecule has 0 radical (unpaired) electrons. The summed E-state index contributed by atoms with van der Waals surface area (Å²) >= 11 is 0. The minimum absolute atomic E-state index is 0.0685. The molecule has 1 fully saturated rings. The van der Waals surface area contributed by atoms with Crippen molar-refractivity contribution in [2.75, 3.05) is 18.0 Å². The Bertz CT molecular complexity index is 1270. The second kappa shape index (κ2) is 9.76. The molecule has 1 atom stereocenters. The van der Waals surface area contributed by atoms with Crippen LogP contribution in [0.4, 0.5) is 10.7 Å². The van der Waals surface area contributed by atoms with Crippen LogP contribution in [-0.2, 0) is 4.74 Å². The lowest BCUT2D eigenvalue weighted by atomic mass is 10.1. The predicted molar refractivity (Wildman–Crippen MR) is 150 cm³/mol. The first kappa shape index (κ1) is 27.1. The first-order valence-corrected chi connectivity index (χ1v) is 15.9. The Kier molecular flexibility index (Phi) is 7.15. The molecule has 0 unspecified atom stereocenters. The molecule has 3 aromatic rings. The van der Waals surface area contributed by atoms with E-state index >= 15 is 0 Å². The zero-order valence-electron chi connectivity index (χ0n) is 23.3. The van der Waals surface area contributed by atoms with Gasteiger partial charge in [0.15, 0.2) is 0 Å². The number of aliphatic hydroxyl groups is 1. The topological polar surface area (TPSA) is 89.7 Å². The summed E-state index contributed by atoms with van der Waals surface area (Å²) in [7, 11) is -2.03. The van der Waals surface area contributed by atoms with Crippen molar-refractivity contribution in [2.45, 2.75) is 84.2 Å². The fourth-order valence-electron chi connectivity index (χ4n) is 4.17. The van der Waals surface area contributed by atoms with E-state index in [1.165, 1.54) is 0 Å². The molecule has 8 nitrogen and oxygen atoms in total. The number of nitrogens with zero attached hydrogens (tertiary/aromatic N) is 4. The average Bonchev–Trinajstić information content (AvgIpc) is 3.16. The molecule has 3 heterocycles. The predicted octanol–water partition coefficient (Wildman–Crippen LogP) is 6.23. The minimum atomic E-state index is -2.03. The van der Waals surface area contributed by atoms with Crippen LogP contribution in [0.15, 0.2) is 36.7 Å². The van der Waals surface area contributed by atoms with Crippen LogP contribution in [0.5, 0.6) is 5.75 Å². The molecule has 1 aliphatic heterocycles. The molecule has 1 N–H and O–H groups in total. The van der Waals surface area contributed by atoms with E-state index in [2.05, 4.69) is 43.8 Å². The highest BCUT2D eigenvalue weighted by molar-refractivity contribution is 6.74. The second-order valence-corrected chi connectivity index (χ2v) is 17.2. The van der Waals surface area contributed by atoms with Crippen molar-refractivity contribution in [2.24, 2.45) is 0 Å². The summed E-state index contributed by atoms with van der Waals surface area (Å²) in [6, 6.07) is 7.79. The van der Waals surface area contributed by atoms with Gasteiger partial charge in [0, 0.05) is 36.4 Å². The molecule has 0 amide bonds. The summed E-state index contributed by atoms with van der Waals surface area (Å²) in [5, 5.41) is 11.0. The summed E-state index contributed by atoms with van der Waals surface area (Å²) in [5.41, 5.74) is 1.44. The highest BCUT2D eigenvalue weighted by Crippen LogP contribution is 2.39. The van der Waals surface area contributed by atoms with E-state index in [-0.39, 0.29) is 11.1 Å². The molecule has 2 aromatic heterocycles. The quantitative estimate of drug-likeness (QED) is 0.405. The van der Waals surface area contributed by atoms with E-state index in [1.54, 1.807) is 17.0 Å². The van der Waals surface area contributed by atoms with Gasteiger partial charge in [0.1, 0.15) is 11.4 Å². The fraction of sp³-hybridized carbons (Fsp3) is 0.536. The SMILES string of the molecule is CC(C)(C)OC(=O)n1c(-c2cnc(N3CCC[C@@H](O)C3)nc2)cc2cc(O[Si](C)(C)C(C)(C)C)ccc21. The van der Waals surface area contributed by atoms with Crippen molar-refractivity contribution in [3.8, 4) is 17.0 Å². The number of hydrogen-bond acceptors (Lipinski definition) is 7. The summed E-state index contributed by atoms with van der Waals surface area (Å²) in [6.07, 6.45) is 4.33. The van der Waals surface area contributed by atoms with Crippen molar-refractivity contribution in [1.82, 2.24) is 14.5 Å². The fourth-order valence-corrected chi connectivity index (χ4v) is 5.20. The van der Waals surface area contributed by atoms with Crippen LogP contribution < -0.4 is 9.33 Å². The lowest BCUT2D eigenvalue weighted by Crippen LogP contribution is -2.43.